The molecular weight excluding hydrogens is 212 g/mol. The number of hydrogen-bond donors (Lipinski definition) is 2. The van der Waals surface area contributed by atoms with Crippen LogP contribution < -0.4 is 11.1 Å². The number of nitrogen functional groups attached to an aromatic ring is 1. The van der Waals surface area contributed by atoms with E-state index >= 15 is 0 Å². The fourth-order valence-corrected chi connectivity index (χ4v) is 1.73. The van der Waals surface area contributed by atoms with E-state index in [1.807, 2.05) is 24.3 Å². The Kier molecular flexibility index (Phi) is 3.36. The van der Waals surface area contributed by atoms with Crippen LogP contribution in [-0.4, -0.2) is 12.5 Å². The summed E-state index contributed by atoms with van der Waals surface area (Å²) < 4.78 is 0. The number of anilines is 1. The number of carbonyl (C=O) groups is 1. The van der Waals surface area contributed by atoms with Crippen molar-refractivity contribution in [3.8, 4) is 0 Å². The zero-order chi connectivity index (χ0) is 12.3. The lowest BCUT2D eigenvalue weighted by Crippen LogP contribution is -2.29. The molecule has 0 aromatic heterocycles. The minimum atomic E-state index is 0.148. The smallest absolute Gasteiger partial charge is 0.220 e. The molecular formula is C14H20N2O. The first-order valence-corrected chi connectivity index (χ1v) is 6.19. The predicted octanol–water partition coefficient (Wildman–Crippen LogP) is 2.12. The van der Waals surface area contributed by atoms with Gasteiger partial charge in [0.25, 0.3) is 0 Å². The number of nitrogens with one attached hydrogen (secondary N) is 1. The first kappa shape index (κ1) is 12.0. The van der Waals surface area contributed by atoms with Crippen molar-refractivity contribution in [3.05, 3.63) is 29.8 Å². The SMILES string of the molecule is CC1(CNC(=O)CCc2ccc(N)cc2)CC1. The summed E-state index contributed by atoms with van der Waals surface area (Å²) in [5.74, 6) is 0.148. The van der Waals surface area contributed by atoms with Gasteiger partial charge in [-0.15, -0.1) is 0 Å². The molecule has 1 amide bonds. The van der Waals surface area contributed by atoms with E-state index in [1.165, 1.54) is 12.8 Å². The maximum absolute atomic E-state index is 11.6. The molecule has 2 rings (SSSR count). The van der Waals surface area contributed by atoms with Crippen LogP contribution in [0.4, 0.5) is 5.69 Å². The summed E-state index contributed by atoms with van der Waals surface area (Å²) in [6.07, 6.45) is 3.82. The number of rotatable bonds is 5. The standard InChI is InChI=1S/C14H20N2O/c1-14(8-9-14)10-16-13(17)7-4-11-2-5-12(15)6-3-11/h2-3,5-6H,4,7-10,15H2,1H3,(H,16,17). The van der Waals surface area contributed by atoms with Gasteiger partial charge in [0.15, 0.2) is 0 Å². The average molecular weight is 232 g/mol. The highest BCUT2D eigenvalue weighted by Gasteiger charge is 2.37. The van der Waals surface area contributed by atoms with Crippen LogP contribution >= 0.6 is 0 Å². The van der Waals surface area contributed by atoms with Crippen molar-refractivity contribution in [2.45, 2.75) is 32.6 Å². The van der Waals surface area contributed by atoms with Crippen LogP contribution in [0.5, 0.6) is 0 Å². The van der Waals surface area contributed by atoms with Gasteiger partial charge in [0, 0.05) is 18.7 Å². The van der Waals surface area contributed by atoms with Gasteiger partial charge < -0.3 is 11.1 Å². The summed E-state index contributed by atoms with van der Waals surface area (Å²) >= 11 is 0. The Morgan fingerprint density at radius 2 is 2.00 bits per heavy atom. The third-order valence-corrected chi connectivity index (χ3v) is 3.44. The molecule has 0 radical (unpaired) electrons. The minimum Gasteiger partial charge on any atom is -0.399 e. The molecule has 0 aliphatic heterocycles. The zero-order valence-corrected chi connectivity index (χ0v) is 10.3. The lowest BCUT2D eigenvalue weighted by Gasteiger charge is -2.09. The lowest BCUT2D eigenvalue weighted by molar-refractivity contribution is -0.121. The molecule has 3 heteroatoms. The van der Waals surface area contributed by atoms with Gasteiger partial charge in [-0.2, -0.15) is 0 Å². The van der Waals surface area contributed by atoms with Crippen LogP contribution in [-0.2, 0) is 11.2 Å². The summed E-state index contributed by atoms with van der Waals surface area (Å²) in [5, 5.41) is 3.00. The van der Waals surface area contributed by atoms with Gasteiger partial charge in [0.2, 0.25) is 5.91 Å². The zero-order valence-electron chi connectivity index (χ0n) is 10.3. The molecule has 3 N–H and O–H groups in total. The van der Waals surface area contributed by atoms with Gasteiger partial charge in [-0.05, 0) is 42.4 Å². The molecule has 1 aliphatic carbocycles. The van der Waals surface area contributed by atoms with Crippen molar-refractivity contribution in [2.24, 2.45) is 5.41 Å². The number of amides is 1. The van der Waals surface area contributed by atoms with Gasteiger partial charge >= 0.3 is 0 Å². The molecule has 1 aliphatic rings. The molecule has 1 saturated carbocycles. The van der Waals surface area contributed by atoms with E-state index in [-0.39, 0.29) is 5.91 Å². The lowest BCUT2D eigenvalue weighted by atomic mass is 10.1. The minimum absolute atomic E-state index is 0.148. The Morgan fingerprint density at radius 1 is 1.35 bits per heavy atom. The second-order valence-electron chi connectivity index (χ2n) is 5.33. The monoisotopic (exact) mass is 232 g/mol. The van der Waals surface area contributed by atoms with Gasteiger partial charge in [0.1, 0.15) is 0 Å². The summed E-state index contributed by atoms with van der Waals surface area (Å²) in [5.41, 5.74) is 7.91. The number of carbonyl (C=O) groups excluding carboxylic acids is 1. The highest BCUT2D eigenvalue weighted by molar-refractivity contribution is 5.76. The summed E-state index contributed by atoms with van der Waals surface area (Å²) in [6.45, 7) is 3.04. The molecule has 0 unspecified atom stereocenters. The summed E-state index contributed by atoms with van der Waals surface area (Å²) in [6, 6.07) is 7.70. The third-order valence-electron chi connectivity index (χ3n) is 3.44. The molecule has 0 atom stereocenters. The molecule has 0 saturated heterocycles. The van der Waals surface area contributed by atoms with Gasteiger partial charge in [-0.25, -0.2) is 0 Å². The number of nitrogens with two attached hydrogens (primary N) is 1. The van der Waals surface area contributed by atoms with E-state index in [9.17, 15) is 4.79 Å². The Labute approximate surface area is 102 Å². The summed E-state index contributed by atoms with van der Waals surface area (Å²) in [4.78, 5) is 11.6. The number of hydrogen-bond acceptors (Lipinski definition) is 2. The highest BCUT2D eigenvalue weighted by atomic mass is 16.1. The Hall–Kier alpha value is -1.51. The molecule has 17 heavy (non-hydrogen) atoms. The number of benzene rings is 1. The van der Waals surface area contributed by atoms with Crippen molar-refractivity contribution in [1.82, 2.24) is 5.32 Å². The van der Waals surface area contributed by atoms with Crippen molar-refractivity contribution in [1.29, 1.82) is 0 Å². The molecule has 1 aromatic rings. The topological polar surface area (TPSA) is 55.1 Å². The Bertz CT molecular complexity index is 393. The highest BCUT2D eigenvalue weighted by Crippen LogP contribution is 2.43. The predicted molar refractivity (Wildman–Crippen MR) is 69.5 cm³/mol. The fraction of sp³-hybridized carbons (Fsp3) is 0.500. The van der Waals surface area contributed by atoms with Crippen molar-refractivity contribution in [3.63, 3.8) is 0 Å². The third kappa shape index (κ3) is 3.77. The molecule has 1 fully saturated rings. The van der Waals surface area contributed by atoms with Gasteiger partial charge in [-0.1, -0.05) is 19.1 Å². The Morgan fingerprint density at radius 3 is 2.59 bits per heavy atom. The van der Waals surface area contributed by atoms with E-state index in [1.54, 1.807) is 0 Å². The first-order chi connectivity index (χ1) is 8.07. The van der Waals surface area contributed by atoms with Crippen molar-refractivity contribution >= 4 is 11.6 Å². The molecule has 0 bridgehead atoms. The van der Waals surface area contributed by atoms with Crippen LogP contribution in [0, 0.1) is 5.41 Å². The summed E-state index contributed by atoms with van der Waals surface area (Å²) in [7, 11) is 0. The van der Waals surface area contributed by atoms with E-state index in [0.717, 1.165) is 24.2 Å². The Balaban J connectivity index is 1.70. The second kappa shape index (κ2) is 4.78. The number of aryl methyl sites for hydroxylation is 1. The quantitative estimate of drug-likeness (QED) is 0.764. The maximum Gasteiger partial charge on any atom is 0.220 e. The molecule has 0 spiro atoms. The van der Waals surface area contributed by atoms with Crippen molar-refractivity contribution < 1.29 is 4.79 Å². The van der Waals surface area contributed by atoms with E-state index in [0.29, 0.717) is 11.8 Å². The van der Waals surface area contributed by atoms with Crippen LogP contribution in [0.2, 0.25) is 0 Å². The van der Waals surface area contributed by atoms with E-state index < -0.39 is 0 Å². The van der Waals surface area contributed by atoms with Crippen LogP contribution in [0.25, 0.3) is 0 Å². The first-order valence-electron chi connectivity index (χ1n) is 6.19. The molecule has 92 valence electrons. The van der Waals surface area contributed by atoms with Gasteiger partial charge in [-0.3, -0.25) is 4.79 Å². The van der Waals surface area contributed by atoms with Crippen LogP contribution in [0.3, 0.4) is 0 Å². The fourth-order valence-electron chi connectivity index (χ4n) is 1.73. The largest absolute Gasteiger partial charge is 0.399 e. The van der Waals surface area contributed by atoms with Crippen LogP contribution in [0.15, 0.2) is 24.3 Å². The molecule has 1 aromatic carbocycles. The van der Waals surface area contributed by atoms with Crippen molar-refractivity contribution in [2.75, 3.05) is 12.3 Å². The molecule has 0 heterocycles. The molecule has 3 nitrogen and oxygen atoms in total. The van der Waals surface area contributed by atoms with E-state index in [4.69, 9.17) is 5.73 Å². The normalized spacial score (nSPS) is 16.5. The van der Waals surface area contributed by atoms with Crippen LogP contribution in [0.1, 0.15) is 31.7 Å². The second-order valence-corrected chi connectivity index (χ2v) is 5.33. The van der Waals surface area contributed by atoms with Gasteiger partial charge in [0.05, 0.1) is 0 Å². The average Bonchev–Trinajstić information content (AvgIpc) is 3.05. The maximum atomic E-state index is 11.6. The van der Waals surface area contributed by atoms with E-state index in [2.05, 4.69) is 12.2 Å².